The first-order valence-corrected chi connectivity index (χ1v) is 6.71. The van der Waals surface area contributed by atoms with Crippen LogP contribution < -0.4 is 10.6 Å². The summed E-state index contributed by atoms with van der Waals surface area (Å²) in [5, 5.41) is 6.13. The summed E-state index contributed by atoms with van der Waals surface area (Å²) >= 11 is 0. The lowest BCUT2D eigenvalue weighted by molar-refractivity contribution is -0.120. The minimum absolute atomic E-state index is 0.00684. The minimum atomic E-state index is 0.00684. The van der Waals surface area contributed by atoms with Crippen molar-refractivity contribution >= 4 is 5.91 Å². The molecule has 1 aliphatic heterocycles. The van der Waals surface area contributed by atoms with E-state index in [2.05, 4.69) is 36.3 Å². The van der Waals surface area contributed by atoms with Crippen molar-refractivity contribution in [1.29, 1.82) is 0 Å². The number of rotatable bonds is 6. The van der Waals surface area contributed by atoms with E-state index in [9.17, 15) is 4.79 Å². The molecule has 0 aromatic rings. The van der Waals surface area contributed by atoms with Crippen LogP contribution in [-0.2, 0) is 4.79 Å². The standard InChI is InChI=1S/C13H27N3O/c1-13(2,3)15-11-12(17)14-7-6-10-16-8-4-5-9-16/h15H,4-11H2,1-3H3,(H,14,17). The van der Waals surface area contributed by atoms with Crippen LogP contribution in [0.15, 0.2) is 0 Å². The Morgan fingerprint density at radius 3 is 2.47 bits per heavy atom. The molecule has 0 spiro atoms. The second-order valence-corrected chi connectivity index (χ2v) is 5.86. The number of hydrogen-bond donors (Lipinski definition) is 2. The molecule has 0 atom stereocenters. The molecule has 0 aliphatic carbocycles. The fourth-order valence-electron chi connectivity index (χ4n) is 1.94. The first kappa shape index (κ1) is 14.5. The predicted molar refractivity (Wildman–Crippen MR) is 71.1 cm³/mol. The second-order valence-electron chi connectivity index (χ2n) is 5.86. The lowest BCUT2D eigenvalue weighted by Crippen LogP contribution is -2.43. The Morgan fingerprint density at radius 2 is 1.88 bits per heavy atom. The zero-order chi connectivity index (χ0) is 12.7. The number of carbonyl (C=O) groups is 1. The molecule has 0 aromatic heterocycles. The fourth-order valence-corrected chi connectivity index (χ4v) is 1.94. The molecule has 1 fully saturated rings. The summed E-state index contributed by atoms with van der Waals surface area (Å²) in [5.41, 5.74) is 0.00684. The van der Waals surface area contributed by atoms with Crippen molar-refractivity contribution in [2.45, 2.75) is 45.6 Å². The van der Waals surface area contributed by atoms with Gasteiger partial charge in [0.15, 0.2) is 0 Å². The molecule has 1 aliphatic rings. The van der Waals surface area contributed by atoms with Crippen LogP contribution in [0.25, 0.3) is 0 Å². The van der Waals surface area contributed by atoms with Crippen LogP contribution in [0.1, 0.15) is 40.0 Å². The van der Waals surface area contributed by atoms with E-state index < -0.39 is 0 Å². The summed E-state index contributed by atoms with van der Waals surface area (Å²) in [7, 11) is 0. The van der Waals surface area contributed by atoms with Crippen LogP contribution in [0.4, 0.5) is 0 Å². The molecule has 2 N–H and O–H groups in total. The molecule has 100 valence electrons. The third-order valence-corrected chi connectivity index (χ3v) is 2.95. The van der Waals surface area contributed by atoms with E-state index in [1.807, 2.05) is 0 Å². The van der Waals surface area contributed by atoms with Gasteiger partial charge in [-0.3, -0.25) is 4.79 Å². The van der Waals surface area contributed by atoms with E-state index in [1.165, 1.54) is 25.9 Å². The van der Waals surface area contributed by atoms with Gasteiger partial charge in [-0.2, -0.15) is 0 Å². The molecule has 1 heterocycles. The highest BCUT2D eigenvalue weighted by Gasteiger charge is 2.12. The molecule has 0 unspecified atom stereocenters. The van der Waals surface area contributed by atoms with Crippen molar-refractivity contribution in [3.8, 4) is 0 Å². The minimum Gasteiger partial charge on any atom is -0.355 e. The fraction of sp³-hybridized carbons (Fsp3) is 0.923. The van der Waals surface area contributed by atoms with Crippen LogP contribution in [0, 0.1) is 0 Å². The Morgan fingerprint density at radius 1 is 1.24 bits per heavy atom. The van der Waals surface area contributed by atoms with Crippen molar-refractivity contribution in [2.24, 2.45) is 0 Å². The van der Waals surface area contributed by atoms with Gasteiger partial charge in [0.05, 0.1) is 6.54 Å². The van der Waals surface area contributed by atoms with Crippen LogP contribution in [0.2, 0.25) is 0 Å². The molecule has 0 radical (unpaired) electrons. The maximum absolute atomic E-state index is 11.5. The van der Waals surface area contributed by atoms with Crippen molar-refractivity contribution in [3.05, 3.63) is 0 Å². The summed E-state index contributed by atoms with van der Waals surface area (Å²) in [6.07, 6.45) is 3.73. The summed E-state index contributed by atoms with van der Waals surface area (Å²) < 4.78 is 0. The molecule has 0 bridgehead atoms. The van der Waals surface area contributed by atoms with Crippen LogP contribution >= 0.6 is 0 Å². The van der Waals surface area contributed by atoms with Crippen LogP contribution in [-0.4, -0.2) is 49.1 Å². The van der Waals surface area contributed by atoms with Gasteiger partial charge in [-0.15, -0.1) is 0 Å². The molecule has 1 rings (SSSR count). The molecule has 0 aromatic carbocycles. The highest BCUT2D eigenvalue weighted by molar-refractivity contribution is 5.78. The number of hydrogen-bond acceptors (Lipinski definition) is 3. The monoisotopic (exact) mass is 241 g/mol. The average Bonchev–Trinajstić information content (AvgIpc) is 2.73. The molecule has 1 saturated heterocycles. The van der Waals surface area contributed by atoms with Gasteiger partial charge in [-0.1, -0.05) is 0 Å². The Kier molecular flexibility index (Phi) is 5.92. The smallest absolute Gasteiger partial charge is 0.233 e. The Balaban J connectivity index is 1.96. The Bertz CT molecular complexity index is 229. The maximum atomic E-state index is 11.5. The molecular weight excluding hydrogens is 214 g/mol. The Hall–Kier alpha value is -0.610. The number of amides is 1. The number of likely N-dealkylation sites (tertiary alicyclic amines) is 1. The normalized spacial score (nSPS) is 17.4. The van der Waals surface area contributed by atoms with E-state index in [-0.39, 0.29) is 11.4 Å². The van der Waals surface area contributed by atoms with E-state index in [1.54, 1.807) is 0 Å². The molecule has 4 heteroatoms. The molecule has 17 heavy (non-hydrogen) atoms. The van der Waals surface area contributed by atoms with Crippen molar-refractivity contribution in [3.63, 3.8) is 0 Å². The predicted octanol–water partition coefficient (Wildman–Crippen LogP) is 0.977. The largest absolute Gasteiger partial charge is 0.355 e. The molecule has 1 amide bonds. The first-order chi connectivity index (χ1) is 7.97. The topological polar surface area (TPSA) is 44.4 Å². The van der Waals surface area contributed by atoms with Gasteiger partial charge < -0.3 is 15.5 Å². The zero-order valence-corrected chi connectivity index (χ0v) is 11.5. The van der Waals surface area contributed by atoms with Crippen molar-refractivity contribution < 1.29 is 4.79 Å². The summed E-state index contributed by atoms with van der Waals surface area (Å²) in [4.78, 5) is 14.0. The van der Waals surface area contributed by atoms with Gasteiger partial charge in [0.2, 0.25) is 5.91 Å². The van der Waals surface area contributed by atoms with Crippen LogP contribution in [0.5, 0.6) is 0 Å². The highest BCUT2D eigenvalue weighted by atomic mass is 16.1. The third kappa shape index (κ3) is 7.34. The quantitative estimate of drug-likeness (QED) is 0.681. The molecule has 0 saturated carbocycles. The number of nitrogens with zero attached hydrogens (tertiary/aromatic N) is 1. The summed E-state index contributed by atoms with van der Waals surface area (Å²) in [6, 6.07) is 0. The highest BCUT2D eigenvalue weighted by Crippen LogP contribution is 2.06. The van der Waals surface area contributed by atoms with Crippen LogP contribution in [0.3, 0.4) is 0 Å². The summed E-state index contributed by atoms with van der Waals surface area (Å²) in [6.45, 7) is 11.0. The average molecular weight is 241 g/mol. The molecule has 4 nitrogen and oxygen atoms in total. The van der Waals surface area contributed by atoms with E-state index in [0.717, 1.165) is 19.5 Å². The SMILES string of the molecule is CC(C)(C)NCC(=O)NCCCN1CCCC1. The zero-order valence-electron chi connectivity index (χ0n) is 11.5. The van der Waals surface area contributed by atoms with Gasteiger partial charge in [-0.05, 0) is 59.7 Å². The van der Waals surface area contributed by atoms with E-state index in [4.69, 9.17) is 0 Å². The number of carbonyl (C=O) groups excluding carboxylic acids is 1. The van der Waals surface area contributed by atoms with Gasteiger partial charge in [0.1, 0.15) is 0 Å². The van der Waals surface area contributed by atoms with E-state index >= 15 is 0 Å². The van der Waals surface area contributed by atoms with E-state index in [0.29, 0.717) is 6.54 Å². The van der Waals surface area contributed by atoms with Crippen molar-refractivity contribution in [1.82, 2.24) is 15.5 Å². The van der Waals surface area contributed by atoms with Gasteiger partial charge in [0.25, 0.3) is 0 Å². The number of nitrogens with one attached hydrogen (secondary N) is 2. The summed E-state index contributed by atoms with van der Waals surface area (Å²) in [5.74, 6) is 0.0985. The lowest BCUT2D eigenvalue weighted by Gasteiger charge is -2.20. The maximum Gasteiger partial charge on any atom is 0.233 e. The van der Waals surface area contributed by atoms with Gasteiger partial charge in [0, 0.05) is 12.1 Å². The van der Waals surface area contributed by atoms with Gasteiger partial charge >= 0.3 is 0 Å². The lowest BCUT2D eigenvalue weighted by atomic mass is 10.1. The van der Waals surface area contributed by atoms with Crippen molar-refractivity contribution in [2.75, 3.05) is 32.7 Å². The Labute approximate surface area is 105 Å². The third-order valence-electron chi connectivity index (χ3n) is 2.95. The van der Waals surface area contributed by atoms with Gasteiger partial charge in [-0.25, -0.2) is 0 Å². The first-order valence-electron chi connectivity index (χ1n) is 6.71. The second kappa shape index (κ2) is 6.97. The molecular formula is C13H27N3O.